The molecular formula is C20H21NO4. The molecule has 1 atom stereocenters. The smallest absolute Gasteiger partial charge is 0.339 e. The van der Waals surface area contributed by atoms with E-state index in [1.54, 1.807) is 30.3 Å². The first-order chi connectivity index (χ1) is 12.1. The zero-order valence-corrected chi connectivity index (χ0v) is 14.1. The molecule has 0 fully saturated rings. The van der Waals surface area contributed by atoms with Crippen LogP contribution in [0.5, 0.6) is 5.75 Å². The van der Waals surface area contributed by atoms with Crippen LogP contribution in [-0.2, 0) is 16.1 Å². The van der Waals surface area contributed by atoms with E-state index in [0.717, 1.165) is 5.56 Å². The van der Waals surface area contributed by atoms with Crippen molar-refractivity contribution in [3.05, 3.63) is 78.4 Å². The van der Waals surface area contributed by atoms with Crippen LogP contribution in [0.15, 0.2) is 67.3 Å². The van der Waals surface area contributed by atoms with E-state index in [0.29, 0.717) is 24.5 Å². The average Bonchev–Trinajstić information content (AvgIpc) is 2.65. The van der Waals surface area contributed by atoms with Gasteiger partial charge in [-0.25, -0.2) is 4.79 Å². The van der Waals surface area contributed by atoms with E-state index < -0.39 is 12.1 Å². The summed E-state index contributed by atoms with van der Waals surface area (Å²) in [6.07, 6.45) is 0.668. The number of carbonyl (C=O) groups excluding carboxylic acids is 2. The van der Waals surface area contributed by atoms with Gasteiger partial charge in [-0.05, 0) is 30.7 Å². The van der Waals surface area contributed by atoms with E-state index in [4.69, 9.17) is 9.47 Å². The molecule has 0 aliphatic rings. The number of hydrogen-bond donors (Lipinski definition) is 1. The first kappa shape index (κ1) is 18.3. The lowest BCUT2D eigenvalue weighted by molar-refractivity contribution is -0.128. The Morgan fingerprint density at radius 1 is 1.16 bits per heavy atom. The summed E-state index contributed by atoms with van der Waals surface area (Å²) >= 11 is 0. The van der Waals surface area contributed by atoms with Crippen molar-refractivity contribution in [2.24, 2.45) is 0 Å². The normalized spacial score (nSPS) is 11.2. The van der Waals surface area contributed by atoms with E-state index in [1.807, 2.05) is 30.3 Å². The van der Waals surface area contributed by atoms with E-state index in [1.165, 1.54) is 6.92 Å². The summed E-state index contributed by atoms with van der Waals surface area (Å²) in [7, 11) is 0. The van der Waals surface area contributed by atoms with Gasteiger partial charge >= 0.3 is 5.97 Å². The summed E-state index contributed by atoms with van der Waals surface area (Å²) in [5.74, 6) is -0.391. The number of hydrogen-bond acceptors (Lipinski definition) is 4. The molecule has 0 aliphatic heterocycles. The van der Waals surface area contributed by atoms with Crippen molar-refractivity contribution in [3.8, 4) is 5.75 Å². The fourth-order valence-electron chi connectivity index (χ4n) is 2.05. The Balaban J connectivity index is 1.94. The van der Waals surface area contributed by atoms with Crippen LogP contribution < -0.4 is 10.1 Å². The Labute approximate surface area is 147 Å². The van der Waals surface area contributed by atoms with Crippen molar-refractivity contribution in [1.29, 1.82) is 0 Å². The van der Waals surface area contributed by atoms with E-state index in [9.17, 15) is 9.59 Å². The summed E-state index contributed by atoms with van der Waals surface area (Å²) in [6, 6.07) is 16.4. The predicted octanol–water partition coefficient (Wildman–Crippen LogP) is 3.11. The van der Waals surface area contributed by atoms with Crippen molar-refractivity contribution in [2.75, 3.05) is 6.54 Å². The third-order valence-electron chi connectivity index (χ3n) is 3.39. The lowest BCUT2D eigenvalue weighted by atomic mass is 10.2. The fourth-order valence-corrected chi connectivity index (χ4v) is 2.05. The van der Waals surface area contributed by atoms with E-state index in [-0.39, 0.29) is 5.91 Å². The second-order valence-corrected chi connectivity index (χ2v) is 5.38. The molecule has 0 unspecified atom stereocenters. The molecule has 2 aromatic carbocycles. The molecule has 2 rings (SSSR count). The van der Waals surface area contributed by atoms with Crippen LogP contribution in [0.4, 0.5) is 0 Å². The molecule has 0 spiro atoms. The van der Waals surface area contributed by atoms with Gasteiger partial charge in [-0.1, -0.05) is 42.5 Å². The molecule has 5 nitrogen and oxygen atoms in total. The molecule has 5 heteroatoms. The number of rotatable bonds is 8. The van der Waals surface area contributed by atoms with Crippen molar-refractivity contribution in [2.45, 2.75) is 19.6 Å². The molecule has 2 aromatic rings. The molecule has 0 saturated carbocycles. The number of esters is 1. The van der Waals surface area contributed by atoms with Gasteiger partial charge < -0.3 is 14.8 Å². The highest BCUT2D eigenvalue weighted by atomic mass is 16.5. The predicted molar refractivity (Wildman–Crippen MR) is 95.3 cm³/mol. The highest BCUT2D eigenvalue weighted by Crippen LogP contribution is 2.16. The molecule has 0 aliphatic carbocycles. The summed E-state index contributed by atoms with van der Waals surface area (Å²) < 4.78 is 10.9. The molecular weight excluding hydrogens is 318 g/mol. The highest BCUT2D eigenvalue weighted by molar-refractivity contribution is 5.92. The van der Waals surface area contributed by atoms with Crippen LogP contribution >= 0.6 is 0 Å². The highest BCUT2D eigenvalue weighted by Gasteiger charge is 2.18. The molecule has 1 amide bonds. The summed E-state index contributed by atoms with van der Waals surface area (Å²) in [6.45, 7) is 5.76. The number of ether oxygens (including phenoxy) is 2. The van der Waals surface area contributed by atoms with Gasteiger partial charge in [0.25, 0.3) is 5.91 Å². The first-order valence-electron chi connectivity index (χ1n) is 7.96. The molecule has 0 radical (unpaired) electrons. The zero-order chi connectivity index (χ0) is 18.1. The Hall–Kier alpha value is -3.08. The van der Waals surface area contributed by atoms with Crippen molar-refractivity contribution in [3.63, 3.8) is 0 Å². The van der Waals surface area contributed by atoms with Crippen LogP contribution in [0, 0.1) is 0 Å². The van der Waals surface area contributed by atoms with Gasteiger partial charge in [-0.3, -0.25) is 4.79 Å². The van der Waals surface area contributed by atoms with Gasteiger partial charge in [0, 0.05) is 6.54 Å². The maximum absolute atomic E-state index is 12.2. The van der Waals surface area contributed by atoms with Gasteiger partial charge in [0.2, 0.25) is 0 Å². The lowest BCUT2D eigenvalue weighted by Crippen LogP contribution is -2.35. The average molecular weight is 339 g/mol. The van der Waals surface area contributed by atoms with E-state index >= 15 is 0 Å². The Morgan fingerprint density at radius 2 is 1.92 bits per heavy atom. The number of nitrogens with one attached hydrogen (secondary N) is 1. The molecule has 0 saturated heterocycles. The van der Waals surface area contributed by atoms with Crippen molar-refractivity contribution in [1.82, 2.24) is 5.32 Å². The molecule has 25 heavy (non-hydrogen) atoms. The van der Waals surface area contributed by atoms with Crippen LogP contribution in [0.2, 0.25) is 0 Å². The fraction of sp³-hybridized carbons (Fsp3) is 0.200. The van der Waals surface area contributed by atoms with Crippen molar-refractivity contribution < 1.29 is 19.1 Å². The van der Waals surface area contributed by atoms with Gasteiger partial charge in [0.1, 0.15) is 12.4 Å². The Bertz CT molecular complexity index is 727. The van der Waals surface area contributed by atoms with E-state index in [2.05, 4.69) is 11.9 Å². The van der Waals surface area contributed by atoms with Crippen LogP contribution in [0.3, 0.4) is 0 Å². The second kappa shape index (κ2) is 9.27. The maximum Gasteiger partial charge on any atom is 0.339 e. The minimum atomic E-state index is -0.888. The maximum atomic E-state index is 12.2. The molecule has 0 heterocycles. The Kier molecular flexibility index (Phi) is 6.77. The number of carbonyl (C=O) groups is 2. The van der Waals surface area contributed by atoms with Gasteiger partial charge in [0.05, 0.1) is 5.56 Å². The molecule has 0 bridgehead atoms. The summed E-state index contributed by atoms with van der Waals surface area (Å²) in [5.41, 5.74) is 1.36. The SMILES string of the molecule is C=CCNC(=O)[C@H](C)OC(=O)c1cccc(OCc2ccccc2)c1. The summed E-state index contributed by atoms with van der Waals surface area (Å²) in [5, 5.41) is 2.58. The lowest BCUT2D eigenvalue weighted by Gasteiger charge is -2.13. The second-order valence-electron chi connectivity index (χ2n) is 5.38. The number of benzene rings is 2. The Morgan fingerprint density at radius 3 is 2.64 bits per heavy atom. The van der Waals surface area contributed by atoms with Gasteiger partial charge in [-0.2, -0.15) is 0 Å². The molecule has 130 valence electrons. The van der Waals surface area contributed by atoms with Crippen LogP contribution in [0.1, 0.15) is 22.8 Å². The minimum absolute atomic E-state index is 0.323. The standard InChI is InChI=1S/C20H21NO4/c1-3-12-21-19(22)15(2)25-20(23)17-10-7-11-18(13-17)24-14-16-8-5-4-6-9-16/h3-11,13,15H,1,12,14H2,2H3,(H,21,22)/t15-/m0/s1. The van der Waals surface area contributed by atoms with Gasteiger partial charge in [0.15, 0.2) is 6.10 Å². The van der Waals surface area contributed by atoms with Crippen molar-refractivity contribution >= 4 is 11.9 Å². The molecule has 0 aromatic heterocycles. The monoisotopic (exact) mass is 339 g/mol. The number of amides is 1. The first-order valence-corrected chi connectivity index (χ1v) is 7.96. The quantitative estimate of drug-likeness (QED) is 0.593. The zero-order valence-electron chi connectivity index (χ0n) is 14.1. The summed E-state index contributed by atoms with van der Waals surface area (Å²) in [4.78, 5) is 23.9. The van der Waals surface area contributed by atoms with Crippen LogP contribution in [-0.4, -0.2) is 24.5 Å². The third kappa shape index (κ3) is 5.80. The minimum Gasteiger partial charge on any atom is -0.489 e. The molecule has 1 N–H and O–H groups in total. The van der Waals surface area contributed by atoms with Gasteiger partial charge in [-0.15, -0.1) is 6.58 Å². The third-order valence-corrected chi connectivity index (χ3v) is 3.39. The topological polar surface area (TPSA) is 64.6 Å². The van der Waals surface area contributed by atoms with Crippen LogP contribution in [0.25, 0.3) is 0 Å². The largest absolute Gasteiger partial charge is 0.489 e.